The predicted molar refractivity (Wildman–Crippen MR) is 89.1 cm³/mol. The third-order valence-electron chi connectivity index (χ3n) is 5.92. The summed E-state index contributed by atoms with van der Waals surface area (Å²) in [5.74, 6) is -0.450. The number of nitrogens with zero attached hydrogens (tertiary/aromatic N) is 2. The highest BCUT2D eigenvalue weighted by Crippen LogP contribution is 2.39. The molecule has 0 unspecified atom stereocenters. The molecule has 0 bridgehead atoms. The van der Waals surface area contributed by atoms with Crippen LogP contribution in [0.3, 0.4) is 0 Å². The first-order chi connectivity index (χ1) is 11.4. The fraction of sp³-hybridized carbons (Fsp3) is 0.824. The van der Waals surface area contributed by atoms with Crippen molar-refractivity contribution < 1.29 is 14.4 Å². The second-order valence-electron chi connectivity index (χ2n) is 7.50. The molecule has 24 heavy (non-hydrogen) atoms. The number of nitrogens with one attached hydrogen (secondary N) is 1. The standard InChI is InChI=1S/C17H28N4O3/c1-20-16(24)21(15(23)17(20)9-3-2-4-10-17)11-14(22)19-13-7-5-12(18)6-8-13/h12-13H,2-11,18H2,1H3,(H,19,22). The number of carbonyl (C=O) groups excluding carboxylic acids is 3. The SMILES string of the molecule is CN1C(=O)N(CC(=O)NC2CCC(N)CC2)C(=O)C12CCCCC2. The third kappa shape index (κ3) is 3.01. The van der Waals surface area contributed by atoms with Crippen molar-refractivity contribution in [3.8, 4) is 0 Å². The molecule has 7 heteroatoms. The minimum absolute atomic E-state index is 0.103. The van der Waals surface area contributed by atoms with Crippen LogP contribution in [0.5, 0.6) is 0 Å². The number of amides is 4. The van der Waals surface area contributed by atoms with Crippen LogP contribution in [0.15, 0.2) is 0 Å². The molecular formula is C17H28N4O3. The van der Waals surface area contributed by atoms with E-state index in [1.807, 2.05) is 0 Å². The molecule has 1 spiro atoms. The van der Waals surface area contributed by atoms with E-state index >= 15 is 0 Å². The third-order valence-corrected chi connectivity index (χ3v) is 5.92. The Morgan fingerprint density at radius 1 is 1.17 bits per heavy atom. The van der Waals surface area contributed by atoms with Crippen LogP contribution < -0.4 is 11.1 Å². The van der Waals surface area contributed by atoms with Crippen molar-refractivity contribution in [3.63, 3.8) is 0 Å². The van der Waals surface area contributed by atoms with E-state index < -0.39 is 5.54 Å². The predicted octanol–water partition coefficient (Wildman–Crippen LogP) is 0.969. The Morgan fingerprint density at radius 2 is 1.79 bits per heavy atom. The van der Waals surface area contributed by atoms with E-state index in [0.29, 0.717) is 12.8 Å². The number of likely N-dealkylation sites (N-methyl/N-ethyl adjacent to an activating group) is 1. The molecule has 1 saturated heterocycles. The number of hydrogen-bond acceptors (Lipinski definition) is 4. The molecule has 1 heterocycles. The van der Waals surface area contributed by atoms with Gasteiger partial charge < -0.3 is 16.0 Å². The van der Waals surface area contributed by atoms with Gasteiger partial charge in [0.1, 0.15) is 12.1 Å². The van der Waals surface area contributed by atoms with Gasteiger partial charge in [-0.3, -0.25) is 14.5 Å². The van der Waals surface area contributed by atoms with Crippen molar-refractivity contribution in [3.05, 3.63) is 0 Å². The molecule has 0 aromatic rings. The number of urea groups is 1. The number of imide groups is 1. The van der Waals surface area contributed by atoms with E-state index in [9.17, 15) is 14.4 Å². The van der Waals surface area contributed by atoms with Crippen LogP contribution in [-0.2, 0) is 9.59 Å². The van der Waals surface area contributed by atoms with E-state index in [1.165, 1.54) is 0 Å². The first-order valence-electron chi connectivity index (χ1n) is 9.09. The number of rotatable bonds is 3. The Hall–Kier alpha value is -1.63. The summed E-state index contributed by atoms with van der Waals surface area (Å²) in [5, 5.41) is 2.95. The highest BCUT2D eigenvalue weighted by atomic mass is 16.2. The maximum Gasteiger partial charge on any atom is 0.327 e. The Labute approximate surface area is 142 Å². The van der Waals surface area contributed by atoms with Crippen LogP contribution in [0.2, 0.25) is 0 Å². The van der Waals surface area contributed by atoms with Gasteiger partial charge in [-0.1, -0.05) is 19.3 Å². The quantitative estimate of drug-likeness (QED) is 0.751. The zero-order valence-electron chi connectivity index (χ0n) is 14.4. The molecular weight excluding hydrogens is 308 g/mol. The van der Waals surface area contributed by atoms with Gasteiger partial charge in [0.25, 0.3) is 5.91 Å². The number of hydrogen-bond donors (Lipinski definition) is 2. The minimum Gasteiger partial charge on any atom is -0.352 e. The summed E-state index contributed by atoms with van der Waals surface area (Å²) in [7, 11) is 1.69. The van der Waals surface area contributed by atoms with Gasteiger partial charge in [-0.15, -0.1) is 0 Å². The number of carbonyl (C=O) groups is 3. The van der Waals surface area contributed by atoms with Crippen molar-refractivity contribution in [2.45, 2.75) is 75.4 Å². The van der Waals surface area contributed by atoms with E-state index in [2.05, 4.69) is 5.32 Å². The van der Waals surface area contributed by atoms with E-state index in [-0.39, 0.29) is 36.5 Å². The van der Waals surface area contributed by atoms with Gasteiger partial charge in [0.05, 0.1) is 0 Å². The first kappa shape index (κ1) is 17.2. The van der Waals surface area contributed by atoms with Gasteiger partial charge in [0.2, 0.25) is 5.91 Å². The van der Waals surface area contributed by atoms with E-state index in [4.69, 9.17) is 5.73 Å². The highest BCUT2D eigenvalue weighted by Gasteiger charge is 2.55. The van der Waals surface area contributed by atoms with Crippen molar-refractivity contribution in [2.75, 3.05) is 13.6 Å². The molecule has 2 saturated carbocycles. The van der Waals surface area contributed by atoms with E-state index in [1.54, 1.807) is 11.9 Å². The molecule has 4 amide bonds. The molecule has 0 aromatic carbocycles. The molecule has 0 radical (unpaired) electrons. The lowest BCUT2D eigenvalue weighted by molar-refractivity contribution is -0.137. The molecule has 2 aliphatic carbocycles. The summed E-state index contributed by atoms with van der Waals surface area (Å²) >= 11 is 0. The van der Waals surface area contributed by atoms with Crippen LogP contribution in [0.4, 0.5) is 4.79 Å². The maximum atomic E-state index is 12.8. The van der Waals surface area contributed by atoms with Gasteiger partial charge in [0.15, 0.2) is 0 Å². The molecule has 3 N–H and O–H groups in total. The summed E-state index contributed by atoms with van der Waals surface area (Å²) in [6.45, 7) is -0.174. The van der Waals surface area contributed by atoms with Gasteiger partial charge in [0, 0.05) is 19.1 Å². The minimum atomic E-state index is -0.715. The molecule has 7 nitrogen and oxygen atoms in total. The molecule has 1 aliphatic heterocycles. The lowest BCUT2D eigenvalue weighted by atomic mass is 9.81. The highest BCUT2D eigenvalue weighted by molar-refractivity contribution is 6.08. The zero-order valence-corrected chi connectivity index (χ0v) is 14.4. The average molecular weight is 336 g/mol. The second-order valence-corrected chi connectivity index (χ2v) is 7.50. The Balaban J connectivity index is 1.61. The second kappa shape index (κ2) is 6.70. The van der Waals surface area contributed by atoms with Crippen LogP contribution in [0.25, 0.3) is 0 Å². The van der Waals surface area contributed by atoms with Crippen LogP contribution in [0, 0.1) is 0 Å². The smallest absolute Gasteiger partial charge is 0.327 e. The van der Waals surface area contributed by atoms with Crippen molar-refractivity contribution in [1.82, 2.24) is 15.1 Å². The van der Waals surface area contributed by atoms with Crippen LogP contribution >= 0.6 is 0 Å². The van der Waals surface area contributed by atoms with Crippen LogP contribution in [0.1, 0.15) is 57.8 Å². The largest absolute Gasteiger partial charge is 0.352 e. The van der Waals surface area contributed by atoms with Gasteiger partial charge in [-0.25, -0.2) is 4.79 Å². The van der Waals surface area contributed by atoms with E-state index in [0.717, 1.165) is 49.8 Å². The normalized spacial score (nSPS) is 30.1. The summed E-state index contributed by atoms with van der Waals surface area (Å²) in [4.78, 5) is 40.3. The van der Waals surface area contributed by atoms with Crippen LogP contribution in [-0.4, -0.2) is 58.9 Å². The fourth-order valence-electron chi connectivity index (χ4n) is 4.35. The molecule has 0 atom stereocenters. The molecule has 0 aromatic heterocycles. The zero-order chi connectivity index (χ0) is 17.3. The first-order valence-corrected chi connectivity index (χ1v) is 9.09. The Morgan fingerprint density at radius 3 is 2.42 bits per heavy atom. The average Bonchev–Trinajstić information content (AvgIpc) is 2.74. The topological polar surface area (TPSA) is 95.7 Å². The fourth-order valence-corrected chi connectivity index (χ4v) is 4.35. The molecule has 3 fully saturated rings. The van der Waals surface area contributed by atoms with Gasteiger partial charge >= 0.3 is 6.03 Å². The molecule has 134 valence electrons. The van der Waals surface area contributed by atoms with Gasteiger partial charge in [-0.2, -0.15) is 0 Å². The summed E-state index contributed by atoms with van der Waals surface area (Å²) < 4.78 is 0. The summed E-state index contributed by atoms with van der Waals surface area (Å²) in [6, 6.07) is -0.0195. The Bertz CT molecular complexity index is 522. The number of nitrogens with two attached hydrogens (primary N) is 1. The molecule has 3 aliphatic rings. The van der Waals surface area contributed by atoms with Crippen molar-refractivity contribution in [1.29, 1.82) is 0 Å². The van der Waals surface area contributed by atoms with Crippen molar-refractivity contribution in [2.24, 2.45) is 5.73 Å². The molecule has 3 rings (SSSR count). The summed E-state index contributed by atoms with van der Waals surface area (Å²) in [5.41, 5.74) is 5.16. The van der Waals surface area contributed by atoms with Gasteiger partial charge in [-0.05, 0) is 38.5 Å². The monoisotopic (exact) mass is 336 g/mol. The van der Waals surface area contributed by atoms with Crippen molar-refractivity contribution >= 4 is 17.8 Å². The Kier molecular flexibility index (Phi) is 4.80. The maximum absolute atomic E-state index is 12.8. The lowest BCUT2D eigenvalue weighted by Crippen LogP contribution is -2.50. The summed E-state index contributed by atoms with van der Waals surface area (Å²) in [6.07, 6.45) is 7.92. The lowest BCUT2D eigenvalue weighted by Gasteiger charge is -2.35.